The van der Waals surface area contributed by atoms with Crippen LogP contribution < -0.4 is 0 Å². The molecular weight excluding hydrogens is 304 g/mol. The maximum absolute atomic E-state index is 12.1. The molecule has 0 bridgehead atoms. The van der Waals surface area contributed by atoms with Crippen molar-refractivity contribution in [3.05, 3.63) is 15.0 Å². The van der Waals surface area contributed by atoms with Gasteiger partial charge in [-0.15, -0.1) is 11.3 Å². The van der Waals surface area contributed by atoms with Crippen molar-refractivity contribution in [2.24, 2.45) is 5.92 Å². The molecule has 1 saturated heterocycles. The average molecular weight is 319 g/mol. The van der Waals surface area contributed by atoms with Crippen LogP contribution in [0.3, 0.4) is 0 Å². The second-order valence-corrected chi connectivity index (χ2v) is 6.21. The fourth-order valence-corrected chi connectivity index (χ4v) is 2.98. The molecule has 0 radical (unpaired) electrons. The molecule has 94 valence electrons. The molecule has 4 nitrogen and oxygen atoms in total. The van der Waals surface area contributed by atoms with Crippen molar-refractivity contribution >= 4 is 33.2 Å². The van der Waals surface area contributed by atoms with E-state index in [1.165, 1.54) is 11.3 Å². The van der Waals surface area contributed by atoms with Crippen LogP contribution in [0.4, 0.5) is 0 Å². The third-order valence-corrected chi connectivity index (χ3v) is 4.40. The molecule has 2 rings (SSSR count). The van der Waals surface area contributed by atoms with E-state index in [1.807, 2.05) is 11.8 Å². The number of hydrogen-bond donors (Lipinski definition) is 0. The molecule has 1 fully saturated rings. The number of amides is 1. The van der Waals surface area contributed by atoms with E-state index in [1.54, 1.807) is 5.51 Å². The molecule has 0 spiro atoms. The Bertz CT molecular complexity index is 397. The highest BCUT2D eigenvalue weighted by Gasteiger charge is 2.28. The van der Waals surface area contributed by atoms with Gasteiger partial charge < -0.3 is 9.64 Å². The lowest BCUT2D eigenvalue weighted by atomic mass is 10.1. The Hall–Kier alpha value is -0.460. The zero-order valence-electron chi connectivity index (χ0n) is 9.69. The standard InChI is InChI=1S/C11H15BrN2O2S/c1-2-16-6-8-3-4-14(5-8)11(15)9-10(12)17-7-13-9/h7-8H,2-6H2,1H3. The smallest absolute Gasteiger partial charge is 0.274 e. The van der Waals surface area contributed by atoms with Crippen LogP contribution in [-0.2, 0) is 4.74 Å². The van der Waals surface area contributed by atoms with Crippen molar-refractivity contribution in [2.45, 2.75) is 13.3 Å². The van der Waals surface area contributed by atoms with Crippen LogP contribution in [0.25, 0.3) is 0 Å². The number of nitrogens with zero attached hydrogens (tertiary/aromatic N) is 2. The minimum Gasteiger partial charge on any atom is -0.381 e. The fourth-order valence-electron chi connectivity index (χ4n) is 1.96. The molecule has 0 aliphatic carbocycles. The summed E-state index contributed by atoms with van der Waals surface area (Å²) < 4.78 is 6.21. The van der Waals surface area contributed by atoms with Gasteiger partial charge in [0.05, 0.1) is 12.1 Å². The Labute approximate surface area is 113 Å². The third kappa shape index (κ3) is 3.05. The first kappa shape index (κ1) is 13.0. The molecule has 6 heteroatoms. The van der Waals surface area contributed by atoms with Crippen molar-refractivity contribution in [1.29, 1.82) is 0 Å². The number of thiazole rings is 1. The number of aromatic nitrogens is 1. The number of rotatable bonds is 4. The number of carbonyl (C=O) groups is 1. The van der Waals surface area contributed by atoms with Gasteiger partial charge in [0.1, 0.15) is 3.79 Å². The highest BCUT2D eigenvalue weighted by atomic mass is 79.9. The van der Waals surface area contributed by atoms with Gasteiger partial charge in [-0.2, -0.15) is 0 Å². The SMILES string of the molecule is CCOCC1CCN(C(=O)c2ncsc2Br)C1. The summed E-state index contributed by atoms with van der Waals surface area (Å²) in [6.45, 7) is 5.06. The summed E-state index contributed by atoms with van der Waals surface area (Å²) in [5, 5.41) is 0. The van der Waals surface area contributed by atoms with E-state index in [4.69, 9.17) is 4.74 Å². The fraction of sp³-hybridized carbons (Fsp3) is 0.636. The van der Waals surface area contributed by atoms with E-state index >= 15 is 0 Å². The van der Waals surface area contributed by atoms with Crippen molar-refractivity contribution in [2.75, 3.05) is 26.3 Å². The molecular formula is C11H15BrN2O2S. The quantitative estimate of drug-likeness (QED) is 0.856. The summed E-state index contributed by atoms with van der Waals surface area (Å²) in [7, 11) is 0. The first-order valence-corrected chi connectivity index (χ1v) is 7.35. The Balaban J connectivity index is 1.92. The predicted molar refractivity (Wildman–Crippen MR) is 70.3 cm³/mol. The lowest BCUT2D eigenvalue weighted by molar-refractivity contribution is 0.0757. The Kier molecular flexibility index (Phi) is 4.53. The van der Waals surface area contributed by atoms with E-state index < -0.39 is 0 Å². The van der Waals surface area contributed by atoms with Crippen molar-refractivity contribution in [3.63, 3.8) is 0 Å². The minimum atomic E-state index is 0.0251. The van der Waals surface area contributed by atoms with Gasteiger partial charge >= 0.3 is 0 Å². The average Bonchev–Trinajstić information content (AvgIpc) is 2.94. The van der Waals surface area contributed by atoms with Crippen molar-refractivity contribution < 1.29 is 9.53 Å². The maximum atomic E-state index is 12.1. The van der Waals surface area contributed by atoms with Crippen LogP contribution in [0.1, 0.15) is 23.8 Å². The van der Waals surface area contributed by atoms with Crippen molar-refractivity contribution in [3.8, 4) is 0 Å². The predicted octanol–water partition coefficient (Wildman–Crippen LogP) is 2.40. The second-order valence-electron chi connectivity index (χ2n) is 4.04. The van der Waals surface area contributed by atoms with Gasteiger partial charge in [0, 0.05) is 25.6 Å². The van der Waals surface area contributed by atoms with Gasteiger partial charge in [0.15, 0.2) is 5.69 Å². The van der Waals surface area contributed by atoms with Crippen LogP contribution in [-0.4, -0.2) is 42.1 Å². The van der Waals surface area contributed by atoms with E-state index in [0.29, 0.717) is 11.6 Å². The topological polar surface area (TPSA) is 42.4 Å². The lowest BCUT2D eigenvalue weighted by Gasteiger charge is -2.15. The Morgan fingerprint density at radius 2 is 2.59 bits per heavy atom. The number of likely N-dealkylation sites (tertiary alicyclic amines) is 1. The normalized spacial score (nSPS) is 19.9. The molecule has 1 atom stereocenters. The maximum Gasteiger partial charge on any atom is 0.274 e. The monoisotopic (exact) mass is 318 g/mol. The molecule has 0 aromatic carbocycles. The molecule has 2 heterocycles. The van der Waals surface area contributed by atoms with E-state index in [0.717, 1.165) is 36.5 Å². The third-order valence-electron chi connectivity index (χ3n) is 2.86. The molecule has 0 N–H and O–H groups in total. The van der Waals surface area contributed by atoms with Crippen molar-refractivity contribution in [1.82, 2.24) is 9.88 Å². The molecule has 0 saturated carbocycles. The van der Waals surface area contributed by atoms with E-state index in [9.17, 15) is 4.79 Å². The summed E-state index contributed by atoms with van der Waals surface area (Å²) in [6, 6.07) is 0. The second kappa shape index (κ2) is 5.93. The number of hydrogen-bond acceptors (Lipinski definition) is 4. The Morgan fingerprint density at radius 3 is 3.24 bits per heavy atom. The van der Waals surface area contributed by atoms with Crippen LogP contribution in [0, 0.1) is 5.92 Å². The van der Waals surface area contributed by atoms with E-state index in [-0.39, 0.29) is 5.91 Å². The zero-order chi connectivity index (χ0) is 12.3. The highest BCUT2D eigenvalue weighted by molar-refractivity contribution is 9.11. The van der Waals surface area contributed by atoms with Crippen LogP contribution >= 0.6 is 27.3 Å². The van der Waals surface area contributed by atoms with Gasteiger partial charge in [0.2, 0.25) is 0 Å². The van der Waals surface area contributed by atoms with Crippen LogP contribution in [0.5, 0.6) is 0 Å². The van der Waals surface area contributed by atoms with Gasteiger partial charge in [-0.05, 0) is 29.3 Å². The van der Waals surface area contributed by atoms with Crippen LogP contribution in [0.2, 0.25) is 0 Å². The molecule has 1 aliphatic heterocycles. The molecule has 1 unspecified atom stereocenters. The first-order valence-electron chi connectivity index (χ1n) is 5.68. The van der Waals surface area contributed by atoms with Crippen LogP contribution in [0.15, 0.2) is 9.30 Å². The van der Waals surface area contributed by atoms with Gasteiger partial charge in [-0.25, -0.2) is 4.98 Å². The molecule has 1 amide bonds. The zero-order valence-corrected chi connectivity index (χ0v) is 12.1. The van der Waals surface area contributed by atoms with Gasteiger partial charge in [-0.3, -0.25) is 4.79 Å². The molecule has 1 aliphatic rings. The highest BCUT2D eigenvalue weighted by Crippen LogP contribution is 2.25. The molecule has 1 aromatic heterocycles. The lowest BCUT2D eigenvalue weighted by Crippen LogP contribution is -2.29. The summed E-state index contributed by atoms with van der Waals surface area (Å²) in [5.74, 6) is 0.494. The minimum absolute atomic E-state index is 0.0251. The van der Waals surface area contributed by atoms with Gasteiger partial charge in [0.25, 0.3) is 5.91 Å². The van der Waals surface area contributed by atoms with Gasteiger partial charge in [-0.1, -0.05) is 0 Å². The summed E-state index contributed by atoms with van der Waals surface area (Å²) >= 11 is 4.79. The number of carbonyl (C=O) groups excluding carboxylic acids is 1. The van der Waals surface area contributed by atoms with E-state index in [2.05, 4.69) is 20.9 Å². The first-order chi connectivity index (χ1) is 8.22. The number of ether oxygens (including phenoxy) is 1. The molecule has 1 aromatic rings. The summed E-state index contributed by atoms with van der Waals surface area (Å²) in [5.41, 5.74) is 2.22. The molecule has 17 heavy (non-hydrogen) atoms. The Morgan fingerprint density at radius 1 is 1.76 bits per heavy atom. The largest absolute Gasteiger partial charge is 0.381 e. The summed E-state index contributed by atoms with van der Waals surface area (Å²) in [4.78, 5) is 18.1. The summed E-state index contributed by atoms with van der Waals surface area (Å²) in [6.07, 6.45) is 1.02. The number of halogens is 1.